The Balaban J connectivity index is 1.58. The smallest absolute Gasteiger partial charge is 0.254 e. The van der Waals surface area contributed by atoms with Gasteiger partial charge in [0, 0.05) is 18.4 Å². The maximum absolute atomic E-state index is 13.2. The van der Waals surface area contributed by atoms with Gasteiger partial charge in [0.1, 0.15) is 5.76 Å². The molecule has 2 fully saturated rings. The zero-order valence-corrected chi connectivity index (χ0v) is 9.88. The van der Waals surface area contributed by atoms with Crippen molar-refractivity contribution in [2.75, 3.05) is 13.1 Å². The maximum Gasteiger partial charge on any atom is 0.254 e. The third-order valence-corrected chi connectivity index (χ3v) is 4.24. The molecule has 1 aliphatic heterocycles. The predicted octanol–water partition coefficient (Wildman–Crippen LogP) is 2.60. The Morgan fingerprint density at radius 3 is 2.53 bits per heavy atom. The molecule has 17 heavy (non-hydrogen) atoms. The van der Waals surface area contributed by atoms with Crippen LogP contribution in [0, 0.1) is 12.3 Å². The Labute approximate surface area is 98.8 Å². The van der Waals surface area contributed by atoms with Crippen molar-refractivity contribution in [3.63, 3.8) is 0 Å². The van der Waals surface area contributed by atoms with Crippen molar-refractivity contribution in [2.45, 2.75) is 38.7 Å². The largest absolute Gasteiger partial charge is 0.448 e. The SMILES string of the molecule is Cc1ocnc1CN1CCC2(CC1)CC2(F)F. The van der Waals surface area contributed by atoms with E-state index in [1.807, 2.05) is 6.92 Å². The molecule has 1 aliphatic carbocycles. The molecule has 1 aromatic heterocycles. The zero-order chi connectivity index (χ0) is 12.1. The third-order valence-electron chi connectivity index (χ3n) is 4.24. The molecule has 0 amide bonds. The van der Waals surface area contributed by atoms with E-state index >= 15 is 0 Å². The molecule has 2 aliphatic rings. The van der Waals surface area contributed by atoms with Crippen molar-refractivity contribution in [1.29, 1.82) is 0 Å². The van der Waals surface area contributed by atoms with Crippen molar-refractivity contribution >= 4 is 0 Å². The molecule has 0 N–H and O–H groups in total. The summed E-state index contributed by atoms with van der Waals surface area (Å²) in [4.78, 5) is 6.32. The molecular formula is C12H16F2N2O. The molecule has 0 bridgehead atoms. The van der Waals surface area contributed by atoms with E-state index in [1.54, 1.807) is 0 Å². The lowest BCUT2D eigenvalue weighted by atomic mass is 9.93. The van der Waals surface area contributed by atoms with E-state index in [2.05, 4.69) is 9.88 Å². The molecule has 0 aromatic carbocycles. The normalized spacial score (nSPS) is 26.3. The minimum atomic E-state index is -2.40. The number of halogens is 2. The molecular weight excluding hydrogens is 226 g/mol. The molecule has 0 radical (unpaired) electrons. The number of aromatic nitrogens is 1. The molecule has 1 spiro atoms. The minimum absolute atomic E-state index is 0.0941. The highest BCUT2D eigenvalue weighted by Gasteiger charge is 2.70. The highest BCUT2D eigenvalue weighted by molar-refractivity contribution is 5.12. The Kier molecular flexibility index (Phi) is 2.30. The highest BCUT2D eigenvalue weighted by Crippen LogP contribution is 2.65. The van der Waals surface area contributed by atoms with Crippen LogP contribution in [0.15, 0.2) is 10.8 Å². The average Bonchev–Trinajstić information content (AvgIpc) is 2.60. The molecule has 94 valence electrons. The van der Waals surface area contributed by atoms with Crippen LogP contribution in [-0.2, 0) is 6.54 Å². The summed E-state index contributed by atoms with van der Waals surface area (Å²) in [6.07, 6.45) is 2.75. The molecule has 0 unspecified atom stereocenters. The molecule has 1 aromatic rings. The van der Waals surface area contributed by atoms with Gasteiger partial charge < -0.3 is 4.42 Å². The van der Waals surface area contributed by atoms with Gasteiger partial charge >= 0.3 is 0 Å². The summed E-state index contributed by atoms with van der Waals surface area (Å²) >= 11 is 0. The topological polar surface area (TPSA) is 29.3 Å². The van der Waals surface area contributed by atoms with Crippen LogP contribution < -0.4 is 0 Å². The summed E-state index contributed by atoms with van der Waals surface area (Å²) in [6.45, 7) is 4.07. The summed E-state index contributed by atoms with van der Waals surface area (Å²) in [7, 11) is 0. The van der Waals surface area contributed by atoms with Crippen LogP contribution in [0.25, 0.3) is 0 Å². The highest BCUT2D eigenvalue weighted by atomic mass is 19.3. The number of rotatable bonds is 2. The zero-order valence-electron chi connectivity index (χ0n) is 9.88. The first-order chi connectivity index (χ1) is 8.02. The average molecular weight is 242 g/mol. The van der Waals surface area contributed by atoms with Crippen molar-refractivity contribution in [3.05, 3.63) is 17.8 Å². The van der Waals surface area contributed by atoms with Gasteiger partial charge in [0.05, 0.1) is 5.69 Å². The van der Waals surface area contributed by atoms with Gasteiger partial charge in [0.15, 0.2) is 6.39 Å². The van der Waals surface area contributed by atoms with E-state index in [0.717, 1.165) is 24.5 Å². The fourth-order valence-electron chi connectivity index (χ4n) is 2.75. The Bertz CT molecular complexity index is 422. The molecule has 1 saturated carbocycles. The van der Waals surface area contributed by atoms with E-state index < -0.39 is 11.3 Å². The summed E-state index contributed by atoms with van der Waals surface area (Å²) in [5, 5.41) is 0. The first-order valence-electron chi connectivity index (χ1n) is 6.02. The van der Waals surface area contributed by atoms with Gasteiger partial charge in [-0.3, -0.25) is 4.90 Å². The Morgan fingerprint density at radius 1 is 1.41 bits per heavy atom. The van der Waals surface area contributed by atoms with Crippen molar-refractivity contribution in [3.8, 4) is 0 Å². The summed E-state index contributed by atoms with van der Waals surface area (Å²) in [6, 6.07) is 0. The number of likely N-dealkylation sites (tertiary alicyclic amines) is 1. The summed E-state index contributed by atoms with van der Waals surface area (Å²) in [5.74, 6) is -1.58. The number of oxazole rings is 1. The monoisotopic (exact) mass is 242 g/mol. The standard InChI is InChI=1S/C12H16F2N2O/c1-9-10(15-8-17-9)6-16-4-2-11(3-5-16)7-12(11,13)14/h8H,2-7H2,1H3. The molecule has 0 atom stereocenters. The van der Waals surface area contributed by atoms with Crippen LogP contribution >= 0.6 is 0 Å². The van der Waals surface area contributed by atoms with Crippen molar-refractivity contribution in [1.82, 2.24) is 9.88 Å². The number of hydrogen-bond donors (Lipinski definition) is 0. The quantitative estimate of drug-likeness (QED) is 0.798. The molecule has 1 saturated heterocycles. The Morgan fingerprint density at radius 2 is 2.06 bits per heavy atom. The van der Waals surface area contributed by atoms with Gasteiger partial charge in [-0.2, -0.15) is 0 Å². The molecule has 5 heteroatoms. The number of hydrogen-bond acceptors (Lipinski definition) is 3. The first kappa shape index (κ1) is 11.1. The van der Waals surface area contributed by atoms with E-state index in [4.69, 9.17) is 4.42 Å². The minimum Gasteiger partial charge on any atom is -0.448 e. The van der Waals surface area contributed by atoms with Gasteiger partial charge in [-0.15, -0.1) is 0 Å². The Hall–Kier alpha value is -0.970. The number of piperidine rings is 1. The fraction of sp³-hybridized carbons (Fsp3) is 0.750. The van der Waals surface area contributed by atoms with Gasteiger partial charge in [-0.25, -0.2) is 13.8 Å². The van der Waals surface area contributed by atoms with Crippen LogP contribution in [0.4, 0.5) is 8.78 Å². The lowest BCUT2D eigenvalue weighted by Crippen LogP contribution is -2.36. The van der Waals surface area contributed by atoms with E-state index in [0.29, 0.717) is 19.4 Å². The fourth-order valence-corrected chi connectivity index (χ4v) is 2.75. The lowest BCUT2D eigenvalue weighted by Gasteiger charge is -2.31. The second-order valence-corrected chi connectivity index (χ2v) is 5.29. The summed E-state index contributed by atoms with van der Waals surface area (Å²) in [5.41, 5.74) is 0.256. The van der Waals surface area contributed by atoms with Crippen LogP contribution in [0.1, 0.15) is 30.7 Å². The van der Waals surface area contributed by atoms with E-state index in [-0.39, 0.29) is 6.42 Å². The second kappa shape index (κ2) is 3.51. The van der Waals surface area contributed by atoms with Gasteiger partial charge in [0.25, 0.3) is 5.92 Å². The maximum atomic E-state index is 13.2. The van der Waals surface area contributed by atoms with E-state index in [1.165, 1.54) is 6.39 Å². The van der Waals surface area contributed by atoms with Crippen LogP contribution in [0.3, 0.4) is 0 Å². The van der Waals surface area contributed by atoms with Crippen LogP contribution in [0.2, 0.25) is 0 Å². The number of aryl methyl sites for hydroxylation is 1. The van der Waals surface area contributed by atoms with Gasteiger partial charge in [-0.05, 0) is 32.9 Å². The molecule has 3 nitrogen and oxygen atoms in total. The lowest BCUT2D eigenvalue weighted by molar-refractivity contribution is 0.0297. The third kappa shape index (κ3) is 1.76. The second-order valence-electron chi connectivity index (χ2n) is 5.29. The number of nitrogens with zero attached hydrogens (tertiary/aromatic N) is 2. The van der Waals surface area contributed by atoms with Crippen LogP contribution in [0.5, 0.6) is 0 Å². The van der Waals surface area contributed by atoms with Crippen molar-refractivity contribution in [2.24, 2.45) is 5.41 Å². The van der Waals surface area contributed by atoms with Gasteiger partial charge in [-0.1, -0.05) is 0 Å². The first-order valence-corrected chi connectivity index (χ1v) is 6.02. The predicted molar refractivity (Wildman–Crippen MR) is 57.7 cm³/mol. The van der Waals surface area contributed by atoms with Crippen molar-refractivity contribution < 1.29 is 13.2 Å². The van der Waals surface area contributed by atoms with Gasteiger partial charge in [0.2, 0.25) is 0 Å². The summed E-state index contributed by atoms with van der Waals surface area (Å²) < 4.78 is 31.5. The molecule has 2 heterocycles. The van der Waals surface area contributed by atoms with Crippen LogP contribution in [-0.4, -0.2) is 28.9 Å². The van der Waals surface area contributed by atoms with E-state index in [9.17, 15) is 8.78 Å². The molecule has 3 rings (SSSR count). The number of alkyl halides is 2.